The molecule has 0 N–H and O–H groups in total. The maximum Gasteiger partial charge on any atom is 0.299 e. The molecule has 0 saturated heterocycles. The van der Waals surface area contributed by atoms with Gasteiger partial charge in [0.15, 0.2) is 0 Å². The highest BCUT2D eigenvalue weighted by molar-refractivity contribution is 14.1. The first-order valence-electron chi connectivity index (χ1n) is 7.19. The Morgan fingerprint density at radius 3 is 2.45 bits per heavy atom. The zero-order valence-electron chi connectivity index (χ0n) is 12.0. The van der Waals surface area contributed by atoms with E-state index in [1.54, 1.807) is 12.1 Å². The summed E-state index contributed by atoms with van der Waals surface area (Å²) in [6.45, 7) is 1.91. The Labute approximate surface area is 141 Å². The molecule has 1 aliphatic carbocycles. The Morgan fingerprint density at radius 2 is 1.95 bits per heavy atom. The summed E-state index contributed by atoms with van der Waals surface area (Å²) in [6, 6.07) is 7.55. The summed E-state index contributed by atoms with van der Waals surface area (Å²) in [7, 11) is 0. The van der Waals surface area contributed by atoms with Crippen molar-refractivity contribution in [2.75, 3.05) is 0 Å². The van der Waals surface area contributed by atoms with Crippen molar-refractivity contribution in [1.29, 1.82) is 0 Å². The van der Waals surface area contributed by atoms with Crippen LogP contribution in [0.3, 0.4) is 0 Å². The van der Waals surface area contributed by atoms with E-state index in [0.29, 0.717) is 6.42 Å². The average molecular weight is 417 g/mol. The van der Waals surface area contributed by atoms with E-state index in [0.717, 1.165) is 9.13 Å². The monoisotopic (exact) mass is 417 g/mol. The van der Waals surface area contributed by atoms with Crippen molar-refractivity contribution in [3.05, 3.63) is 62.7 Å². The Bertz CT molecular complexity index is 694. The van der Waals surface area contributed by atoms with Gasteiger partial charge in [-0.25, -0.2) is 4.39 Å². The number of benzene rings is 1. The second kappa shape index (κ2) is 5.51. The lowest BCUT2D eigenvalue weighted by Crippen LogP contribution is -2.33. The fourth-order valence-corrected chi connectivity index (χ4v) is 3.17. The van der Waals surface area contributed by atoms with Crippen LogP contribution >= 0.6 is 22.6 Å². The molecule has 0 radical (unpaired) electrons. The predicted octanol–water partition coefficient (Wildman–Crippen LogP) is 5.21. The highest BCUT2D eigenvalue weighted by Crippen LogP contribution is 2.62. The lowest BCUT2D eigenvalue weighted by atomic mass is 9.86. The van der Waals surface area contributed by atoms with Crippen LogP contribution in [0.25, 0.3) is 0 Å². The van der Waals surface area contributed by atoms with Gasteiger partial charge in [0.25, 0.3) is 5.92 Å². The van der Waals surface area contributed by atoms with Crippen LogP contribution in [0.1, 0.15) is 36.6 Å². The molecule has 1 nitrogen and oxygen atoms in total. The Balaban J connectivity index is 2.04. The molecule has 1 fully saturated rings. The fraction of sp³-hybridized carbons (Fsp3) is 0.353. The minimum atomic E-state index is -3.17. The van der Waals surface area contributed by atoms with Gasteiger partial charge in [-0.15, -0.1) is 0 Å². The number of rotatable bonds is 4. The molecule has 1 saturated carbocycles. The Morgan fingerprint density at radius 1 is 1.23 bits per heavy atom. The molecule has 2 aromatic rings. The van der Waals surface area contributed by atoms with Crippen LogP contribution in [0.4, 0.5) is 13.2 Å². The van der Waals surface area contributed by atoms with Crippen molar-refractivity contribution >= 4 is 22.6 Å². The molecule has 0 unspecified atom stereocenters. The highest BCUT2D eigenvalue weighted by Gasteiger charge is 2.65. The van der Waals surface area contributed by atoms with Gasteiger partial charge in [-0.05, 0) is 65.6 Å². The molecule has 0 atom stereocenters. The van der Waals surface area contributed by atoms with Crippen LogP contribution in [0.15, 0.2) is 36.5 Å². The van der Waals surface area contributed by atoms with Crippen LogP contribution in [0, 0.1) is 9.39 Å². The first-order chi connectivity index (χ1) is 10.4. The molecule has 0 amide bonds. The van der Waals surface area contributed by atoms with Crippen molar-refractivity contribution in [3.8, 4) is 0 Å². The summed E-state index contributed by atoms with van der Waals surface area (Å²) in [6.07, 6.45) is 2.64. The first-order valence-corrected chi connectivity index (χ1v) is 8.27. The molecule has 1 heterocycles. The van der Waals surface area contributed by atoms with Gasteiger partial charge in [0.05, 0.1) is 5.41 Å². The van der Waals surface area contributed by atoms with Gasteiger partial charge in [0.2, 0.25) is 0 Å². The zero-order chi connectivity index (χ0) is 16.0. The number of alkyl halides is 2. The van der Waals surface area contributed by atoms with E-state index in [9.17, 15) is 13.2 Å². The summed E-state index contributed by atoms with van der Waals surface area (Å²) >= 11 is 2.02. The summed E-state index contributed by atoms with van der Waals surface area (Å²) < 4.78 is 45.0. The molecule has 5 heteroatoms. The zero-order valence-corrected chi connectivity index (χ0v) is 14.2. The molecule has 1 aliphatic rings. The van der Waals surface area contributed by atoms with Crippen LogP contribution in [0.5, 0.6) is 0 Å². The van der Waals surface area contributed by atoms with E-state index in [4.69, 9.17) is 0 Å². The van der Waals surface area contributed by atoms with E-state index in [2.05, 4.69) is 4.98 Å². The van der Waals surface area contributed by atoms with Gasteiger partial charge in [-0.1, -0.05) is 19.1 Å². The van der Waals surface area contributed by atoms with Crippen LogP contribution in [0.2, 0.25) is 0 Å². The summed E-state index contributed by atoms with van der Waals surface area (Å²) in [5.74, 6) is -3.71. The third kappa shape index (κ3) is 2.43. The molecule has 1 aromatic carbocycles. The van der Waals surface area contributed by atoms with Crippen LogP contribution in [-0.2, 0) is 17.8 Å². The summed E-state index contributed by atoms with van der Waals surface area (Å²) in [5, 5.41) is 0. The van der Waals surface area contributed by atoms with Gasteiger partial charge in [0, 0.05) is 15.3 Å². The second-order valence-electron chi connectivity index (χ2n) is 5.69. The SMILES string of the molecule is CCc1ccc(C2(C(F)(F)c3ccc(I)cn3)CC2)c(F)c1. The minimum Gasteiger partial charge on any atom is -0.254 e. The highest BCUT2D eigenvalue weighted by atomic mass is 127. The Hall–Kier alpha value is -1.11. The molecular weight excluding hydrogens is 402 g/mol. The lowest BCUT2D eigenvalue weighted by molar-refractivity contribution is -0.0515. The molecule has 0 bridgehead atoms. The Kier molecular flexibility index (Phi) is 3.95. The molecular formula is C17H15F3IN. The largest absolute Gasteiger partial charge is 0.299 e. The first kappa shape index (κ1) is 15.8. The van der Waals surface area contributed by atoms with Crippen LogP contribution in [-0.4, -0.2) is 4.98 Å². The van der Waals surface area contributed by atoms with Gasteiger partial charge < -0.3 is 0 Å². The van der Waals surface area contributed by atoms with Gasteiger partial charge in [-0.3, -0.25) is 4.98 Å². The predicted molar refractivity (Wildman–Crippen MR) is 87.5 cm³/mol. The standard InChI is InChI=1S/C17H15F3IN/c1-2-11-3-5-13(14(18)9-11)16(7-8-16)17(19,20)15-6-4-12(21)10-22-15/h3-6,9-10H,2,7-8H2,1H3. The maximum absolute atomic E-state index is 14.9. The number of aromatic nitrogens is 1. The fourth-order valence-electron chi connectivity index (χ4n) is 2.85. The number of hydrogen-bond donors (Lipinski definition) is 0. The number of pyridine rings is 1. The van der Waals surface area contributed by atoms with E-state index < -0.39 is 17.2 Å². The maximum atomic E-state index is 14.9. The van der Waals surface area contributed by atoms with Crippen molar-refractivity contribution in [2.45, 2.75) is 37.5 Å². The number of hydrogen-bond acceptors (Lipinski definition) is 1. The molecule has 1 aromatic heterocycles. The summed E-state index contributed by atoms with van der Waals surface area (Å²) in [4.78, 5) is 3.87. The van der Waals surface area contributed by atoms with E-state index in [1.165, 1.54) is 24.4 Å². The van der Waals surface area contributed by atoms with Crippen molar-refractivity contribution in [3.63, 3.8) is 0 Å². The molecule has 0 aliphatic heterocycles. The normalized spacial score (nSPS) is 16.6. The number of nitrogens with zero attached hydrogens (tertiary/aromatic N) is 1. The summed E-state index contributed by atoms with van der Waals surface area (Å²) in [5.41, 5.74) is -0.824. The smallest absolute Gasteiger partial charge is 0.254 e. The molecule has 116 valence electrons. The van der Waals surface area contributed by atoms with Crippen molar-refractivity contribution in [2.24, 2.45) is 0 Å². The quantitative estimate of drug-likeness (QED) is 0.623. The van der Waals surface area contributed by atoms with Gasteiger partial charge in [-0.2, -0.15) is 8.78 Å². The van der Waals surface area contributed by atoms with E-state index in [-0.39, 0.29) is 24.1 Å². The van der Waals surface area contributed by atoms with E-state index in [1.807, 2.05) is 29.5 Å². The number of aryl methyl sites for hydroxylation is 1. The molecule has 22 heavy (non-hydrogen) atoms. The lowest BCUT2D eigenvalue weighted by Gasteiger charge is -2.27. The van der Waals surface area contributed by atoms with E-state index >= 15 is 0 Å². The van der Waals surface area contributed by atoms with Crippen molar-refractivity contribution < 1.29 is 13.2 Å². The molecule has 3 rings (SSSR count). The van der Waals surface area contributed by atoms with Crippen LogP contribution < -0.4 is 0 Å². The minimum absolute atomic E-state index is 0.107. The van der Waals surface area contributed by atoms with Gasteiger partial charge >= 0.3 is 0 Å². The topological polar surface area (TPSA) is 12.9 Å². The second-order valence-corrected chi connectivity index (χ2v) is 6.93. The molecule has 0 spiro atoms. The third-order valence-electron chi connectivity index (χ3n) is 4.36. The number of halogens is 4. The average Bonchev–Trinajstić information content (AvgIpc) is 3.29. The van der Waals surface area contributed by atoms with Crippen molar-refractivity contribution in [1.82, 2.24) is 4.98 Å². The van der Waals surface area contributed by atoms with Gasteiger partial charge in [0.1, 0.15) is 11.5 Å². The third-order valence-corrected chi connectivity index (χ3v) is 5.00.